The van der Waals surface area contributed by atoms with Gasteiger partial charge in [-0.3, -0.25) is 4.79 Å². The third kappa shape index (κ3) is 3.61. The fourth-order valence-electron chi connectivity index (χ4n) is 2.86. The Bertz CT molecular complexity index is 694. The van der Waals surface area contributed by atoms with Crippen molar-refractivity contribution in [3.63, 3.8) is 0 Å². The number of hydrogen-bond donors (Lipinski definition) is 1. The number of carbonyl (C=O) groups is 1. The smallest absolute Gasteiger partial charge is 0.271 e. The molecule has 1 aliphatic heterocycles. The number of ether oxygens (including phenoxy) is 1. The van der Waals surface area contributed by atoms with Crippen molar-refractivity contribution in [3.05, 3.63) is 33.8 Å². The number of aromatic nitrogens is 3. The summed E-state index contributed by atoms with van der Waals surface area (Å²) in [6.07, 6.45) is 3.77. The number of thiazole rings is 1. The third-order valence-electron chi connectivity index (χ3n) is 3.97. The highest BCUT2D eigenvalue weighted by Gasteiger charge is 2.23. The van der Waals surface area contributed by atoms with Crippen molar-refractivity contribution < 1.29 is 9.53 Å². The Labute approximate surface area is 139 Å². The Kier molecular flexibility index (Phi) is 4.77. The van der Waals surface area contributed by atoms with Crippen LogP contribution in [0.1, 0.15) is 53.4 Å². The van der Waals surface area contributed by atoms with Crippen molar-refractivity contribution in [3.8, 4) is 0 Å². The van der Waals surface area contributed by atoms with E-state index in [1.165, 1.54) is 11.3 Å². The van der Waals surface area contributed by atoms with Gasteiger partial charge in [-0.25, -0.2) is 9.97 Å². The zero-order valence-corrected chi connectivity index (χ0v) is 14.5. The second-order valence-corrected chi connectivity index (χ2v) is 6.72. The Morgan fingerprint density at radius 3 is 3.17 bits per heavy atom. The van der Waals surface area contributed by atoms with E-state index in [2.05, 4.69) is 19.9 Å². The number of rotatable bonds is 5. The SMILES string of the molecule is CCO[C@@H](C)c1nc(C(=O)N[C@H]2CCc3nc(C)cn3C2)cs1. The summed E-state index contributed by atoms with van der Waals surface area (Å²) < 4.78 is 7.65. The van der Waals surface area contributed by atoms with Crippen molar-refractivity contribution in [2.24, 2.45) is 0 Å². The quantitative estimate of drug-likeness (QED) is 0.912. The van der Waals surface area contributed by atoms with E-state index in [1.807, 2.05) is 27.0 Å². The van der Waals surface area contributed by atoms with Crippen LogP contribution in [0, 0.1) is 6.92 Å². The molecule has 7 heteroatoms. The molecule has 0 saturated heterocycles. The molecule has 0 aromatic carbocycles. The van der Waals surface area contributed by atoms with Gasteiger partial charge >= 0.3 is 0 Å². The number of imidazole rings is 1. The van der Waals surface area contributed by atoms with Gasteiger partial charge in [-0.1, -0.05) is 0 Å². The fourth-order valence-corrected chi connectivity index (χ4v) is 3.67. The van der Waals surface area contributed by atoms with Crippen LogP contribution in [0.4, 0.5) is 0 Å². The maximum absolute atomic E-state index is 12.4. The van der Waals surface area contributed by atoms with Crippen LogP contribution in [0.5, 0.6) is 0 Å². The lowest BCUT2D eigenvalue weighted by molar-refractivity contribution is 0.0759. The molecule has 1 aliphatic rings. The summed E-state index contributed by atoms with van der Waals surface area (Å²) in [6.45, 7) is 7.31. The summed E-state index contributed by atoms with van der Waals surface area (Å²) in [6, 6.07) is 0.123. The van der Waals surface area contributed by atoms with Crippen LogP contribution in [0.15, 0.2) is 11.6 Å². The van der Waals surface area contributed by atoms with Crippen LogP contribution in [-0.2, 0) is 17.7 Å². The van der Waals surface area contributed by atoms with Crippen molar-refractivity contribution in [2.75, 3.05) is 6.61 Å². The van der Waals surface area contributed by atoms with Gasteiger partial charge < -0.3 is 14.6 Å². The standard InChI is InChI=1S/C16H22N4O2S/c1-4-22-11(3)16-19-13(9-23-16)15(21)18-12-5-6-14-17-10(2)7-20(14)8-12/h7,9,11-12H,4-6,8H2,1-3H3,(H,18,21)/t11-,12-/m0/s1. The zero-order valence-electron chi connectivity index (χ0n) is 13.7. The van der Waals surface area contributed by atoms with E-state index in [9.17, 15) is 4.79 Å². The zero-order chi connectivity index (χ0) is 16.4. The molecule has 0 aliphatic carbocycles. The average Bonchev–Trinajstić information content (AvgIpc) is 3.12. The molecule has 0 saturated carbocycles. The molecule has 0 radical (unpaired) electrons. The van der Waals surface area contributed by atoms with Crippen LogP contribution in [-0.4, -0.2) is 33.1 Å². The van der Waals surface area contributed by atoms with Crippen LogP contribution < -0.4 is 5.32 Å². The number of hydrogen-bond acceptors (Lipinski definition) is 5. The normalized spacial score (nSPS) is 18.5. The van der Waals surface area contributed by atoms with Crippen LogP contribution in [0.2, 0.25) is 0 Å². The summed E-state index contributed by atoms with van der Waals surface area (Å²) in [7, 11) is 0. The molecule has 3 rings (SSSR count). The van der Waals surface area contributed by atoms with E-state index in [1.54, 1.807) is 5.38 Å². The molecule has 2 aromatic rings. The maximum atomic E-state index is 12.4. The molecular formula is C16H22N4O2S. The second kappa shape index (κ2) is 6.80. The first-order chi connectivity index (χ1) is 11.1. The molecular weight excluding hydrogens is 312 g/mol. The number of amides is 1. The van der Waals surface area contributed by atoms with Gasteiger partial charge in [0, 0.05) is 37.2 Å². The molecule has 1 N–H and O–H groups in total. The highest BCUT2D eigenvalue weighted by atomic mass is 32.1. The van der Waals surface area contributed by atoms with Gasteiger partial charge in [-0.15, -0.1) is 11.3 Å². The van der Waals surface area contributed by atoms with Gasteiger partial charge in [0.15, 0.2) is 0 Å². The lowest BCUT2D eigenvalue weighted by Crippen LogP contribution is -2.41. The molecule has 3 heterocycles. The average molecular weight is 334 g/mol. The fraction of sp³-hybridized carbons (Fsp3) is 0.562. The van der Waals surface area contributed by atoms with Crippen LogP contribution in [0.25, 0.3) is 0 Å². The first kappa shape index (κ1) is 16.1. The van der Waals surface area contributed by atoms with E-state index in [0.29, 0.717) is 12.3 Å². The van der Waals surface area contributed by atoms with Gasteiger partial charge in [-0.2, -0.15) is 0 Å². The van der Waals surface area contributed by atoms with Gasteiger partial charge in [0.25, 0.3) is 5.91 Å². The summed E-state index contributed by atoms with van der Waals surface area (Å²) in [5.74, 6) is 0.996. The van der Waals surface area contributed by atoms with Crippen molar-refractivity contribution in [2.45, 2.75) is 52.3 Å². The minimum Gasteiger partial charge on any atom is -0.372 e. The Balaban J connectivity index is 1.61. The van der Waals surface area contributed by atoms with Gasteiger partial charge in [0.2, 0.25) is 0 Å². The molecule has 2 atom stereocenters. The summed E-state index contributed by atoms with van der Waals surface area (Å²) in [4.78, 5) is 21.3. The molecule has 2 aromatic heterocycles. The van der Waals surface area contributed by atoms with E-state index in [0.717, 1.165) is 35.9 Å². The lowest BCUT2D eigenvalue weighted by atomic mass is 10.1. The molecule has 6 nitrogen and oxygen atoms in total. The van der Waals surface area contributed by atoms with Gasteiger partial charge in [-0.05, 0) is 27.2 Å². The highest BCUT2D eigenvalue weighted by Crippen LogP contribution is 2.21. The minimum absolute atomic E-state index is 0.0716. The topological polar surface area (TPSA) is 69.0 Å². The van der Waals surface area contributed by atoms with Crippen molar-refractivity contribution >= 4 is 17.2 Å². The predicted molar refractivity (Wildman–Crippen MR) is 88.7 cm³/mol. The number of carbonyl (C=O) groups excluding carboxylic acids is 1. The Hall–Kier alpha value is -1.73. The molecule has 1 amide bonds. The molecule has 23 heavy (non-hydrogen) atoms. The van der Waals surface area contributed by atoms with E-state index in [4.69, 9.17) is 4.74 Å². The first-order valence-corrected chi connectivity index (χ1v) is 8.85. The number of fused-ring (bicyclic) bond motifs is 1. The van der Waals surface area contributed by atoms with E-state index >= 15 is 0 Å². The third-order valence-corrected chi connectivity index (χ3v) is 4.97. The summed E-state index contributed by atoms with van der Waals surface area (Å²) >= 11 is 1.47. The number of nitrogens with zero attached hydrogens (tertiary/aromatic N) is 3. The molecule has 0 unspecified atom stereocenters. The largest absolute Gasteiger partial charge is 0.372 e. The van der Waals surface area contributed by atoms with Gasteiger partial charge in [0.1, 0.15) is 22.6 Å². The Morgan fingerprint density at radius 1 is 1.57 bits per heavy atom. The number of aryl methyl sites for hydroxylation is 2. The monoisotopic (exact) mass is 334 g/mol. The molecule has 124 valence electrons. The van der Waals surface area contributed by atoms with E-state index < -0.39 is 0 Å². The van der Waals surface area contributed by atoms with Crippen LogP contribution >= 0.6 is 11.3 Å². The lowest BCUT2D eigenvalue weighted by Gasteiger charge is -2.24. The summed E-state index contributed by atoms with van der Waals surface area (Å²) in [5, 5.41) is 5.73. The van der Waals surface area contributed by atoms with Crippen molar-refractivity contribution in [1.29, 1.82) is 0 Å². The molecule has 0 spiro atoms. The Morgan fingerprint density at radius 2 is 2.39 bits per heavy atom. The van der Waals surface area contributed by atoms with E-state index in [-0.39, 0.29) is 18.1 Å². The van der Waals surface area contributed by atoms with Gasteiger partial charge in [0.05, 0.1) is 5.69 Å². The minimum atomic E-state index is -0.110. The van der Waals surface area contributed by atoms with Crippen LogP contribution in [0.3, 0.4) is 0 Å². The second-order valence-electron chi connectivity index (χ2n) is 5.83. The predicted octanol–water partition coefficient (Wildman–Crippen LogP) is 2.49. The van der Waals surface area contributed by atoms with Crippen molar-refractivity contribution in [1.82, 2.24) is 19.9 Å². The first-order valence-electron chi connectivity index (χ1n) is 7.97. The highest BCUT2D eigenvalue weighted by molar-refractivity contribution is 7.09. The maximum Gasteiger partial charge on any atom is 0.271 e. The molecule has 0 fully saturated rings. The molecule has 0 bridgehead atoms. The summed E-state index contributed by atoms with van der Waals surface area (Å²) in [5.41, 5.74) is 1.50. The number of nitrogens with one attached hydrogen (secondary N) is 1.